The third-order valence-corrected chi connectivity index (χ3v) is 5.31. The predicted molar refractivity (Wildman–Crippen MR) is 129 cm³/mol. The number of para-hydroxylation sites is 1. The van der Waals surface area contributed by atoms with E-state index >= 15 is 0 Å². The summed E-state index contributed by atoms with van der Waals surface area (Å²) in [6.07, 6.45) is 2.22. The normalized spacial score (nSPS) is 13.8. The van der Waals surface area contributed by atoms with Crippen molar-refractivity contribution >= 4 is 16.7 Å². The van der Waals surface area contributed by atoms with Gasteiger partial charge in [-0.15, -0.1) is 0 Å². The van der Waals surface area contributed by atoms with Crippen LogP contribution in [0.1, 0.15) is 56.7 Å². The lowest BCUT2D eigenvalue weighted by atomic mass is 10.00. The third-order valence-electron chi connectivity index (χ3n) is 5.31. The van der Waals surface area contributed by atoms with Crippen molar-refractivity contribution in [3.63, 3.8) is 0 Å². The zero-order valence-corrected chi connectivity index (χ0v) is 19.5. The zero-order chi connectivity index (χ0) is 23.8. The van der Waals surface area contributed by atoms with E-state index in [1.807, 2.05) is 71.0 Å². The number of benzene rings is 2. The number of hydrogen-bond donors (Lipinski definition) is 3. The Bertz CT molecular complexity index is 1320. The quantitative estimate of drug-likeness (QED) is 0.339. The molecule has 0 radical (unpaired) electrons. The minimum Gasteiger partial charge on any atom is -0.455 e. The van der Waals surface area contributed by atoms with E-state index in [1.165, 1.54) is 6.07 Å². The lowest BCUT2D eigenvalue weighted by molar-refractivity contribution is -0.169. The van der Waals surface area contributed by atoms with Gasteiger partial charge in [-0.1, -0.05) is 24.3 Å². The molecule has 4 rings (SSSR count). The Morgan fingerprint density at radius 2 is 1.91 bits per heavy atom. The smallest absolute Gasteiger partial charge is 0.193 e. The summed E-state index contributed by atoms with van der Waals surface area (Å²) in [5, 5.41) is 21.4. The molecule has 0 amide bonds. The molecule has 0 aliphatic heterocycles. The Kier molecular flexibility index (Phi) is 6.10. The molecule has 0 aliphatic carbocycles. The molecule has 0 bridgehead atoms. The standard InChI is InChI=1S/C26H29N3O4/c1-15-10-19(24-20(11-15)22(30)12-23(32-24)17-13-27-28-14-17)16(2)29-21-9-7-6-8-18(21)25(31)33-26(3,4)5/h6-14,16,25,29,31H,1-5H3,(H,27,28). The SMILES string of the molecule is Cc1cc(C(C)Nc2ccccc2C(O)OC(C)(C)C)c2oc(-c3cn[nH]c3)cc(=O)c2c1. The molecule has 2 heterocycles. The second-order valence-corrected chi connectivity index (χ2v) is 9.23. The van der Waals surface area contributed by atoms with Crippen LogP contribution in [-0.4, -0.2) is 20.9 Å². The number of anilines is 1. The molecule has 4 aromatic rings. The Morgan fingerprint density at radius 3 is 2.61 bits per heavy atom. The van der Waals surface area contributed by atoms with Crippen LogP contribution in [0.3, 0.4) is 0 Å². The fourth-order valence-corrected chi connectivity index (χ4v) is 3.84. The Morgan fingerprint density at radius 1 is 1.15 bits per heavy atom. The predicted octanol–water partition coefficient (Wildman–Crippen LogP) is 5.47. The summed E-state index contributed by atoms with van der Waals surface area (Å²) in [6.45, 7) is 9.63. The van der Waals surface area contributed by atoms with E-state index in [9.17, 15) is 9.90 Å². The first kappa shape index (κ1) is 22.8. The van der Waals surface area contributed by atoms with Crippen LogP contribution in [0.5, 0.6) is 0 Å². The summed E-state index contributed by atoms with van der Waals surface area (Å²) < 4.78 is 12.0. The van der Waals surface area contributed by atoms with Crippen molar-refractivity contribution in [2.75, 3.05) is 5.32 Å². The minimum atomic E-state index is -1.08. The van der Waals surface area contributed by atoms with Crippen LogP contribution in [0.25, 0.3) is 22.3 Å². The average molecular weight is 448 g/mol. The fraction of sp³-hybridized carbons (Fsp3) is 0.308. The number of aliphatic hydroxyl groups is 1. The van der Waals surface area contributed by atoms with Crippen molar-refractivity contribution in [2.24, 2.45) is 0 Å². The topological polar surface area (TPSA) is 100 Å². The molecule has 2 atom stereocenters. The van der Waals surface area contributed by atoms with Crippen molar-refractivity contribution in [2.45, 2.75) is 52.6 Å². The van der Waals surface area contributed by atoms with Gasteiger partial charge >= 0.3 is 0 Å². The van der Waals surface area contributed by atoms with Crippen molar-refractivity contribution in [1.82, 2.24) is 10.2 Å². The molecule has 3 N–H and O–H groups in total. The number of ether oxygens (including phenoxy) is 1. The maximum atomic E-state index is 12.9. The molecule has 2 aromatic carbocycles. The molecular formula is C26H29N3O4. The van der Waals surface area contributed by atoms with Gasteiger partial charge in [0, 0.05) is 29.1 Å². The first-order valence-electron chi connectivity index (χ1n) is 10.9. The van der Waals surface area contributed by atoms with Gasteiger partial charge in [-0.25, -0.2) is 0 Å². The van der Waals surface area contributed by atoms with Gasteiger partial charge in [-0.2, -0.15) is 5.10 Å². The Hall–Kier alpha value is -3.42. The van der Waals surface area contributed by atoms with Gasteiger partial charge in [-0.05, 0) is 52.3 Å². The van der Waals surface area contributed by atoms with Crippen LogP contribution in [0.15, 0.2) is 64.1 Å². The number of aromatic nitrogens is 2. The molecule has 172 valence electrons. The van der Waals surface area contributed by atoms with Crippen LogP contribution in [-0.2, 0) is 4.74 Å². The zero-order valence-electron chi connectivity index (χ0n) is 19.5. The molecular weight excluding hydrogens is 418 g/mol. The molecule has 0 aliphatic rings. The first-order valence-corrected chi connectivity index (χ1v) is 10.9. The van der Waals surface area contributed by atoms with Gasteiger partial charge in [0.15, 0.2) is 11.7 Å². The van der Waals surface area contributed by atoms with E-state index in [4.69, 9.17) is 9.15 Å². The monoisotopic (exact) mass is 447 g/mol. The number of aliphatic hydroxyl groups excluding tert-OH is 1. The van der Waals surface area contributed by atoms with Crippen LogP contribution in [0.2, 0.25) is 0 Å². The fourth-order valence-electron chi connectivity index (χ4n) is 3.84. The number of fused-ring (bicyclic) bond motifs is 1. The average Bonchev–Trinajstić information content (AvgIpc) is 3.27. The highest BCUT2D eigenvalue weighted by Gasteiger charge is 2.22. The minimum absolute atomic E-state index is 0.112. The highest BCUT2D eigenvalue weighted by Crippen LogP contribution is 2.33. The van der Waals surface area contributed by atoms with E-state index in [0.717, 1.165) is 16.8 Å². The number of rotatable bonds is 6. The molecule has 7 nitrogen and oxygen atoms in total. The van der Waals surface area contributed by atoms with Crippen molar-refractivity contribution in [1.29, 1.82) is 0 Å². The van der Waals surface area contributed by atoms with Crippen molar-refractivity contribution in [3.05, 3.63) is 81.8 Å². The summed E-state index contributed by atoms with van der Waals surface area (Å²) in [6, 6.07) is 12.6. The molecule has 0 saturated heterocycles. The number of hydrogen-bond acceptors (Lipinski definition) is 6. The van der Waals surface area contributed by atoms with Crippen LogP contribution < -0.4 is 10.7 Å². The Balaban J connectivity index is 1.75. The van der Waals surface area contributed by atoms with Crippen molar-refractivity contribution < 1.29 is 14.3 Å². The molecule has 7 heteroatoms. The number of nitrogens with zero attached hydrogens (tertiary/aromatic N) is 1. The highest BCUT2D eigenvalue weighted by atomic mass is 16.6. The van der Waals surface area contributed by atoms with E-state index in [2.05, 4.69) is 15.5 Å². The molecule has 0 saturated carbocycles. The van der Waals surface area contributed by atoms with E-state index in [0.29, 0.717) is 27.9 Å². The largest absolute Gasteiger partial charge is 0.455 e. The van der Waals surface area contributed by atoms with Gasteiger partial charge in [0.05, 0.1) is 28.8 Å². The summed E-state index contributed by atoms with van der Waals surface area (Å²) in [5.74, 6) is 0.452. The van der Waals surface area contributed by atoms with E-state index in [1.54, 1.807) is 12.4 Å². The Labute approximate surface area is 192 Å². The highest BCUT2D eigenvalue weighted by molar-refractivity contribution is 5.83. The summed E-state index contributed by atoms with van der Waals surface area (Å²) in [4.78, 5) is 12.9. The summed E-state index contributed by atoms with van der Waals surface area (Å²) >= 11 is 0. The van der Waals surface area contributed by atoms with Crippen molar-refractivity contribution in [3.8, 4) is 11.3 Å². The summed E-state index contributed by atoms with van der Waals surface area (Å²) in [7, 11) is 0. The van der Waals surface area contributed by atoms with E-state index < -0.39 is 11.9 Å². The van der Waals surface area contributed by atoms with Crippen LogP contribution in [0, 0.1) is 6.92 Å². The molecule has 0 spiro atoms. The second-order valence-electron chi connectivity index (χ2n) is 9.23. The number of aromatic amines is 1. The first-order chi connectivity index (χ1) is 15.6. The van der Waals surface area contributed by atoms with E-state index in [-0.39, 0.29) is 11.5 Å². The lowest BCUT2D eigenvalue weighted by Crippen LogP contribution is -2.23. The summed E-state index contributed by atoms with van der Waals surface area (Å²) in [5.41, 5.74) is 3.78. The molecule has 33 heavy (non-hydrogen) atoms. The van der Waals surface area contributed by atoms with Gasteiger partial charge in [0.25, 0.3) is 0 Å². The molecule has 2 unspecified atom stereocenters. The molecule has 2 aromatic heterocycles. The molecule has 0 fully saturated rings. The van der Waals surface area contributed by atoms with Crippen LogP contribution in [0.4, 0.5) is 5.69 Å². The number of nitrogens with one attached hydrogen (secondary N) is 2. The number of aryl methyl sites for hydroxylation is 1. The third kappa shape index (κ3) is 4.99. The van der Waals surface area contributed by atoms with Gasteiger partial charge in [-0.3, -0.25) is 9.89 Å². The number of H-pyrrole nitrogens is 1. The van der Waals surface area contributed by atoms with Crippen LogP contribution >= 0.6 is 0 Å². The maximum absolute atomic E-state index is 12.9. The van der Waals surface area contributed by atoms with Gasteiger partial charge < -0.3 is 19.6 Å². The maximum Gasteiger partial charge on any atom is 0.193 e. The van der Waals surface area contributed by atoms with Gasteiger partial charge in [0.1, 0.15) is 11.3 Å². The lowest BCUT2D eigenvalue weighted by Gasteiger charge is -2.27. The van der Waals surface area contributed by atoms with Gasteiger partial charge in [0.2, 0.25) is 0 Å². The second kappa shape index (κ2) is 8.84.